The SMILES string of the molecule is C.C.C.C.C.CC(C)(C)n1cccc1.CC(C)(C)n1cccn1.CC(C)(C)n1ccnc1.CC(C)(C)n1cncn1.CC(C)(C)n1cnnc1. The van der Waals surface area contributed by atoms with E-state index in [1.54, 1.807) is 37.7 Å². The average Bonchev–Trinajstić information content (AvgIpc) is 3.75. The molecule has 0 aliphatic carbocycles. The van der Waals surface area contributed by atoms with Gasteiger partial charge in [-0.25, -0.2) is 14.6 Å². The summed E-state index contributed by atoms with van der Waals surface area (Å²) in [4.78, 5) is 7.79. The fraction of sp³-hybridized carbons (Fsp3) is 0.641. The van der Waals surface area contributed by atoms with Crippen LogP contribution in [0, 0.1) is 0 Å². The number of hydrogen-bond acceptors (Lipinski definition) is 6. The minimum atomic E-state index is 0. The van der Waals surface area contributed by atoms with Gasteiger partial charge in [0.1, 0.15) is 25.3 Å². The van der Waals surface area contributed by atoms with E-state index in [4.69, 9.17) is 0 Å². The summed E-state index contributed by atoms with van der Waals surface area (Å²) in [7, 11) is 0. The van der Waals surface area contributed by atoms with Crippen LogP contribution >= 0.6 is 0 Å². The van der Waals surface area contributed by atoms with Gasteiger partial charge in [-0.05, 0) is 122 Å². The molecule has 0 aliphatic rings. The lowest BCUT2D eigenvalue weighted by Crippen LogP contribution is -2.21. The van der Waals surface area contributed by atoms with Crippen molar-refractivity contribution in [1.29, 1.82) is 0 Å². The van der Waals surface area contributed by atoms with Gasteiger partial charge in [0.05, 0.1) is 17.4 Å². The van der Waals surface area contributed by atoms with E-state index in [9.17, 15) is 0 Å². The summed E-state index contributed by atoms with van der Waals surface area (Å²) in [6.45, 7) is 32.0. The van der Waals surface area contributed by atoms with Gasteiger partial charge in [-0.1, -0.05) is 37.1 Å². The maximum absolute atomic E-state index is 4.10. The zero-order valence-electron chi connectivity index (χ0n) is 30.5. The predicted octanol–water partition coefficient (Wildman–Crippen LogP) is 10.8. The van der Waals surface area contributed by atoms with Crippen LogP contribution in [0.15, 0.2) is 87.0 Å². The van der Waals surface area contributed by atoms with Gasteiger partial charge in [0, 0.05) is 53.8 Å². The maximum atomic E-state index is 4.10. The molecule has 0 aromatic carbocycles. The molecule has 0 saturated heterocycles. The van der Waals surface area contributed by atoms with E-state index in [2.05, 4.69) is 156 Å². The Labute approximate surface area is 308 Å². The molecule has 0 atom stereocenters. The van der Waals surface area contributed by atoms with Crippen molar-refractivity contribution in [1.82, 2.24) is 53.4 Å². The molecule has 5 heterocycles. The lowest BCUT2D eigenvalue weighted by molar-refractivity contribution is 0.354. The highest BCUT2D eigenvalue weighted by Crippen LogP contribution is 2.13. The molecule has 50 heavy (non-hydrogen) atoms. The minimum Gasteiger partial charge on any atom is -0.349 e. The summed E-state index contributed by atoms with van der Waals surface area (Å²) < 4.78 is 9.99. The van der Waals surface area contributed by atoms with Gasteiger partial charge in [0.15, 0.2) is 0 Å². The van der Waals surface area contributed by atoms with E-state index in [-0.39, 0.29) is 64.8 Å². The van der Waals surface area contributed by atoms with Gasteiger partial charge in [0.2, 0.25) is 0 Å². The van der Waals surface area contributed by atoms with Gasteiger partial charge in [-0.15, -0.1) is 10.2 Å². The Morgan fingerprint density at radius 2 is 0.820 bits per heavy atom. The van der Waals surface area contributed by atoms with Gasteiger partial charge in [-0.2, -0.15) is 10.2 Å². The van der Waals surface area contributed by atoms with E-state index < -0.39 is 0 Å². The van der Waals surface area contributed by atoms with E-state index in [0.29, 0.717) is 0 Å². The van der Waals surface area contributed by atoms with Crippen LogP contribution in [-0.2, 0) is 27.7 Å². The van der Waals surface area contributed by atoms with Crippen molar-refractivity contribution in [3.63, 3.8) is 0 Å². The fourth-order valence-corrected chi connectivity index (χ4v) is 3.21. The monoisotopic (exact) mass is 702 g/mol. The molecular weight excluding hydrogens is 623 g/mol. The largest absolute Gasteiger partial charge is 0.349 e. The van der Waals surface area contributed by atoms with Crippen molar-refractivity contribution >= 4 is 0 Å². The van der Waals surface area contributed by atoms with Crippen molar-refractivity contribution in [2.24, 2.45) is 0 Å². The standard InChI is InChI=1S/C8H13N.2C7H12N2.2C6H11N3.5CH4/c1-8(2,3)9-6-4-5-7-9;1-7(2,3)9-5-4-8-6-9;1-7(2,3)9-6-4-5-8-9;1-6(2,3)9-4-7-8-5-9;1-6(2,3)9-5-7-4-8-9;;;;;/h4-7H,1-3H3;2*4-6H,1-3H3;2*4-5H,1-3H3;5*1H4. The summed E-state index contributed by atoms with van der Waals surface area (Å²) in [6.07, 6.45) is 20.3. The Kier molecular flexibility index (Phi) is 25.9. The summed E-state index contributed by atoms with van der Waals surface area (Å²) >= 11 is 0. The smallest absolute Gasteiger partial charge is 0.137 e. The molecule has 0 radical (unpaired) electrons. The van der Waals surface area contributed by atoms with E-state index >= 15 is 0 Å². The van der Waals surface area contributed by atoms with Crippen molar-refractivity contribution in [2.45, 2.75) is 169 Å². The predicted molar refractivity (Wildman–Crippen MR) is 218 cm³/mol. The first-order valence-electron chi connectivity index (χ1n) is 15.3. The first-order chi connectivity index (χ1) is 20.5. The summed E-state index contributed by atoms with van der Waals surface area (Å²) in [6, 6.07) is 6.03. The molecule has 0 amide bonds. The Morgan fingerprint density at radius 3 is 1.02 bits per heavy atom. The Balaban J connectivity index is -0.000000165. The van der Waals surface area contributed by atoms with Crippen LogP contribution in [0.5, 0.6) is 0 Å². The molecule has 0 aliphatic heterocycles. The molecule has 290 valence electrons. The van der Waals surface area contributed by atoms with Crippen molar-refractivity contribution < 1.29 is 0 Å². The second kappa shape index (κ2) is 23.4. The molecular formula is C39H79N11. The molecule has 0 fully saturated rings. The molecule has 5 aromatic heterocycles. The van der Waals surface area contributed by atoms with Crippen LogP contribution in [-0.4, -0.2) is 53.4 Å². The molecule has 0 unspecified atom stereocenters. The lowest BCUT2D eigenvalue weighted by Gasteiger charge is -2.20. The average molecular weight is 702 g/mol. The normalized spacial score (nSPS) is 10.7. The van der Waals surface area contributed by atoms with Crippen LogP contribution in [0.1, 0.15) is 141 Å². The molecule has 0 bridgehead atoms. The Morgan fingerprint density at radius 1 is 0.360 bits per heavy atom. The zero-order chi connectivity index (χ0) is 34.5. The minimum absolute atomic E-state index is 0. The highest BCUT2D eigenvalue weighted by Gasteiger charge is 2.13. The molecule has 0 saturated carbocycles. The first-order valence-corrected chi connectivity index (χ1v) is 15.3. The quantitative estimate of drug-likeness (QED) is 0.159. The summed E-state index contributed by atoms with van der Waals surface area (Å²) in [5.41, 5.74) is 0.726. The third-order valence-electron chi connectivity index (χ3n) is 6.15. The third kappa shape index (κ3) is 21.8. The molecule has 5 aromatic rings. The molecule has 0 N–H and O–H groups in total. The lowest BCUT2D eigenvalue weighted by atomic mass is 10.1. The van der Waals surface area contributed by atoms with Gasteiger partial charge in [-0.3, -0.25) is 4.68 Å². The fourth-order valence-electron chi connectivity index (χ4n) is 3.21. The maximum Gasteiger partial charge on any atom is 0.137 e. The zero-order valence-corrected chi connectivity index (χ0v) is 30.5. The first kappa shape index (κ1) is 55.4. The van der Waals surface area contributed by atoms with Crippen LogP contribution in [0.4, 0.5) is 0 Å². The third-order valence-corrected chi connectivity index (χ3v) is 6.15. The number of rotatable bonds is 0. The van der Waals surface area contributed by atoms with Gasteiger partial charge in [0.25, 0.3) is 0 Å². The highest BCUT2D eigenvalue weighted by atomic mass is 15.3. The molecule has 11 nitrogen and oxygen atoms in total. The second-order valence-electron chi connectivity index (χ2n) is 15.6. The van der Waals surface area contributed by atoms with Gasteiger partial charge >= 0.3 is 0 Å². The molecule has 5 rings (SSSR count). The van der Waals surface area contributed by atoms with Crippen molar-refractivity contribution in [3.05, 3.63) is 87.0 Å². The van der Waals surface area contributed by atoms with Crippen LogP contribution < -0.4 is 0 Å². The van der Waals surface area contributed by atoms with E-state index in [1.807, 2.05) is 50.9 Å². The van der Waals surface area contributed by atoms with Crippen LogP contribution in [0.25, 0.3) is 0 Å². The number of imidazole rings is 1. The molecule has 0 spiro atoms. The van der Waals surface area contributed by atoms with Crippen LogP contribution in [0.2, 0.25) is 0 Å². The highest BCUT2D eigenvalue weighted by molar-refractivity contribution is 4.94. The van der Waals surface area contributed by atoms with Gasteiger partial charge < -0.3 is 13.7 Å². The number of hydrogen-bond donors (Lipinski definition) is 0. The second-order valence-corrected chi connectivity index (χ2v) is 15.6. The number of aromatic nitrogens is 11. The van der Waals surface area contributed by atoms with Crippen molar-refractivity contribution in [2.75, 3.05) is 0 Å². The topological polar surface area (TPSA) is 102 Å². The van der Waals surface area contributed by atoms with E-state index in [1.165, 1.54) is 0 Å². The number of nitrogens with zero attached hydrogens (tertiary/aromatic N) is 11. The van der Waals surface area contributed by atoms with Crippen molar-refractivity contribution in [3.8, 4) is 0 Å². The van der Waals surface area contributed by atoms with Crippen LogP contribution in [0.3, 0.4) is 0 Å². The Hall–Kier alpha value is -4.02. The molecule has 11 heteroatoms. The summed E-state index contributed by atoms with van der Waals surface area (Å²) in [5, 5.41) is 15.5. The Bertz CT molecular complexity index is 1110. The summed E-state index contributed by atoms with van der Waals surface area (Å²) in [5.74, 6) is 0. The van der Waals surface area contributed by atoms with E-state index in [0.717, 1.165) is 0 Å².